The average molecular weight is 551 g/mol. The monoisotopic (exact) mass is 550 g/mol. The normalized spacial score (nSPS) is 11.8. The fourth-order valence-electron chi connectivity index (χ4n) is 4.03. The van der Waals surface area contributed by atoms with Gasteiger partial charge in [0.2, 0.25) is 0 Å². The third kappa shape index (κ3) is 5.12. The minimum atomic E-state index is -1.05. The van der Waals surface area contributed by atoms with E-state index in [0.717, 1.165) is 16.8 Å². The number of furan rings is 2. The number of anilines is 1. The lowest BCUT2D eigenvalue weighted by atomic mass is 10.1. The van der Waals surface area contributed by atoms with E-state index in [4.69, 9.17) is 23.5 Å². The molecule has 6 aromatic rings. The average Bonchev–Trinajstić information content (AvgIpc) is 3.76. The van der Waals surface area contributed by atoms with Crippen LogP contribution in [-0.4, -0.2) is 32.9 Å². The number of carbonyl (C=O) groups excluding carboxylic acids is 2. The first-order valence-corrected chi connectivity index (χ1v) is 13.3. The van der Waals surface area contributed by atoms with E-state index in [9.17, 15) is 9.59 Å². The number of carbonyl (C=O) groups is 2. The SMILES string of the molecule is Cc1ccc(-c2csc(NC(=O)C(C)OC(=O)c3ccc4nc(-c5ccco5)c(-c5ccco5)nc4c3)n2)cc1. The summed E-state index contributed by atoms with van der Waals surface area (Å²) in [6.45, 7) is 3.52. The highest BCUT2D eigenvalue weighted by molar-refractivity contribution is 7.14. The second kappa shape index (κ2) is 10.6. The molecule has 40 heavy (non-hydrogen) atoms. The molecule has 0 radical (unpaired) electrons. The molecule has 0 saturated carbocycles. The number of fused-ring (bicyclic) bond motifs is 1. The van der Waals surface area contributed by atoms with Crippen molar-refractivity contribution in [3.63, 3.8) is 0 Å². The Labute approximate surface area is 232 Å². The van der Waals surface area contributed by atoms with Crippen LogP contribution < -0.4 is 5.32 Å². The van der Waals surface area contributed by atoms with Gasteiger partial charge in [-0.25, -0.2) is 19.7 Å². The highest BCUT2D eigenvalue weighted by atomic mass is 32.1. The molecule has 1 N–H and O–H groups in total. The molecule has 2 aromatic carbocycles. The number of amides is 1. The maximum atomic E-state index is 12.9. The Balaban J connectivity index is 1.18. The van der Waals surface area contributed by atoms with Gasteiger partial charge >= 0.3 is 5.97 Å². The van der Waals surface area contributed by atoms with Crippen LogP contribution in [0.1, 0.15) is 22.8 Å². The summed E-state index contributed by atoms with van der Waals surface area (Å²) in [7, 11) is 0. The Morgan fingerprint density at radius 1 is 0.875 bits per heavy atom. The molecule has 4 heterocycles. The number of ether oxygens (including phenoxy) is 1. The van der Waals surface area contributed by atoms with Crippen LogP contribution in [-0.2, 0) is 9.53 Å². The Morgan fingerprint density at radius 3 is 2.20 bits per heavy atom. The van der Waals surface area contributed by atoms with Crippen LogP contribution in [0.2, 0.25) is 0 Å². The Kier molecular flexibility index (Phi) is 6.67. The Morgan fingerprint density at radius 2 is 1.55 bits per heavy atom. The first kappa shape index (κ1) is 25.2. The van der Waals surface area contributed by atoms with Crippen LogP contribution >= 0.6 is 11.3 Å². The summed E-state index contributed by atoms with van der Waals surface area (Å²) in [5, 5.41) is 5.00. The van der Waals surface area contributed by atoms with E-state index in [2.05, 4.69) is 10.3 Å². The van der Waals surface area contributed by atoms with Gasteiger partial charge in [-0.2, -0.15) is 0 Å². The molecule has 0 saturated heterocycles. The second-order valence-electron chi connectivity index (χ2n) is 9.02. The minimum Gasteiger partial charge on any atom is -0.463 e. The van der Waals surface area contributed by atoms with E-state index in [1.807, 2.05) is 36.6 Å². The van der Waals surface area contributed by atoms with Gasteiger partial charge in [0.25, 0.3) is 5.91 Å². The van der Waals surface area contributed by atoms with Crippen LogP contribution in [0.4, 0.5) is 5.13 Å². The Bertz CT molecular complexity index is 1810. The number of aryl methyl sites for hydroxylation is 1. The summed E-state index contributed by atoms with van der Waals surface area (Å²) in [6.07, 6.45) is 2.05. The molecule has 0 aliphatic rings. The van der Waals surface area contributed by atoms with Crippen molar-refractivity contribution in [3.05, 3.63) is 95.8 Å². The standard InChI is InChI=1S/C30H22N4O5S/c1-17-7-9-19(10-8-17)23-16-40-30(33-23)34-28(35)18(2)39-29(36)20-11-12-21-22(15-20)32-27(25-6-4-14-38-25)26(31-21)24-5-3-13-37-24/h3-16,18H,1-2H3,(H,33,34,35). The lowest BCUT2D eigenvalue weighted by Gasteiger charge is -2.13. The molecular formula is C30H22N4O5S. The number of esters is 1. The smallest absolute Gasteiger partial charge is 0.338 e. The fraction of sp³-hybridized carbons (Fsp3) is 0.100. The van der Waals surface area contributed by atoms with E-state index in [1.54, 1.807) is 55.0 Å². The quantitative estimate of drug-likeness (QED) is 0.216. The van der Waals surface area contributed by atoms with Gasteiger partial charge in [-0.3, -0.25) is 10.1 Å². The molecule has 0 aliphatic heterocycles. The van der Waals surface area contributed by atoms with E-state index >= 15 is 0 Å². The Hall–Kier alpha value is -5.09. The van der Waals surface area contributed by atoms with Crippen molar-refractivity contribution < 1.29 is 23.2 Å². The van der Waals surface area contributed by atoms with Gasteiger partial charge in [0.15, 0.2) is 22.8 Å². The zero-order valence-electron chi connectivity index (χ0n) is 21.5. The molecule has 10 heteroatoms. The van der Waals surface area contributed by atoms with Gasteiger partial charge in [-0.05, 0) is 56.3 Å². The molecule has 198 valence electrons. The van der Waals surface area contributed by atoms with Gasteiger partial charge in [0.05, 0.1) is 34.8 Å². The van der Waals surface area contributed by atoms with Gasteiger partial charge in [-0.1, -0.05) is 29.8 Å². The van der Waals surface area contributed by atoms with Crippen LogP contribution in [0.25, 0.3) is 45.2 Å². The zero-order valence-corrected chi connectivity index (χ0v) is 22.3. The number of nitrogens with zero attached hydrogens (tertiary/aromatic N) is 3. The number of benzene rings is 2. The topological polar surface area (TPSA) is 120 Å². The largest absolute Gasteiger partial charge is 0.463 e. The molecule has 1 amide bonds. The molecular weight excluding hydrogens is 528 g/mol. The highest BCUT2D eigenvalue weighted by Crippen LogP contribution is 2.32. The van der Waals surface area contributed by atoms with E-state index in [0.29, 0.717) is 39.1 Å². The number of hydrogen-bond donors (Lipinski definition) is 1. The summed E-state index contributed by atoms with van der Waals surface area (Å²) in [5.41, 5.74) is 5.09. The molecule has 0 fully saturated rings. The summed E-state index contributed by atoms with van der Waals surface area (Å²) in [5.74, 6) is -0.107. The van der Waals surface area contributed by atoms with Crippen molar-refractivity contribution in [1.29, 1.82) is 0 Å². The minimum absolute atomic E-state index is 0.230. The number of rotatable bonds is 7. The first-order valence-electron chi connectivity index (χ1n) is 12.4. The van der Waals surface area contributed by atoms with E-state index in [1.165, 1.54) is 18.3 Å². The van der Waals surface area contributed by atoms with Crippen LogP contribution in [0.15, 0.2) is 93.5 Å². The van der Waals surface area contributed by atoms with E-state index < -0.39 is 18.0 Å². The lowest BCUT2D eigenvalue weighted by molar-refractivity contribution is -0.123. The fourth-order valence-corrected chi connectivity index (χ4v) is 4.75. The van der Waals surface area contributed by atoms with Gasteiger partial charge < -0.3 is 13.6 Å². The molecule has 4 aromatic heterocycles. The van der Waals surface area contributed by atoms with Crippen molar-refractivity contribution >= 4 is 39.4 Å². The summed E-state index contributed by atoms with van der Waals surface area (Å²) < 4.78 is 16.6. The molecule has 9 nitrogen and oxygen atoms in total. The summed E-state index contributed by atoms with van der Waals surface area (Å²) in [4.78, 5) is 39.6. The van der Waals surface area contributed by atoms with Crippen molar-refractivity contribution in [3.8, 4) is 34.2 Å². The highest BCUT2D eigenvalue weighted by Gasteiger charge is 2.22. The van der Waals surface area contributed by atoms with Crippen molar-refractivity contribution in [2.75, 3.05) is 5.32 Å². The summed E-state index contributed by atoms with van der Waals surface area (Å²) in [6, 6.07) is 19.9. The maximum absolute atomic E-state index is 12.9. The number of thiazole rings is 1. The van der Waals surface area contributed by atoms with E-state index in [-0.39, 0.29) is 5.56 Å². The third-order valence-electron chi connectivity index (χ3n) is 6.14. The molecule has 1 atom stereocenters. The lowest BCUT2D eigenvalue weighted by Crippen LogP contribution is -2.30. The molecule has 0 spiro atoms. The molecule has 1 unspecified atom stereocenters. The maximum Gasteiger partial charge on any atom is 0.338 e. The van der Waals surface area contributed by atoms with Crippen LogP contribution in [0, 0.1) is 6.92 Å². The van der Waals surface area contributed by atoms with Gasteiger partial charge in [-0.15, -0.1) is 11.3 Å². The third-order valence-corrected chi connectivity index (χ3v) is 6.90. The number of hydrogen-bond acceptors (Lipinski definition) is 9. The van der Waals surface area contributed by atoms with Crippen LogP contribution in [0.3, 0.4) is 0 Å². The summed E-state index contributed by atoms with van der Waals surface area (Å²) >= 11 is 1.30. The number of nitrogens with one attached hydrogen (secondary N) is 1. The first-order chi connectivity index (χ1) is 19.4. The van der Waals surface area contributed by atoms with Gasteiger partial charge in [0, 0.05) is 10.9 Å². The zero-order chi connectivity index (χ0) is 27.6. The van der Waals surface area contributed by atoms with Crippen molar-refractivity contribution in [1.82, 2.24) is 15.0 Å². The molecule has 0 bridgehead atoms. The van der Waals surface area contributed by atoms with Gasteiger partial charge in [0.1, 0.15) is 11.4 Å². The molecule has 6 rings (SSSR count). The molecule has 0 aliphatic carbocycles. The predicted octanol–water partition coefficient (Wildman–Crippen LogP) is 6.77. The second-order valence-corrected chi connectivity index (χ2v) is 9.88. The van der Waals surface area contributed by atoms with Crippen LogP contribution in [0.5, 0.6) is 0 Å². The van der Waals surface area contributed by atoms with Crippen molar-refractivity contribution in [2.45, 2.75) is 20.0 Å². The van der Waals surface area contributed by atoms with Crippen molar-refractivity contribution in [2.24, 2.45) is 0 Å². The number of aromatic nitrogens is 3. The predicted molar refractivity (Wildman–Crippen MR) is 151 cm³/mol.